The number of nitrogens with one attached hydrogen (secondary N) is 1. The molecule has 2 aliphatic heterocycles. The van der Waals surface area contributed by atoms with Crippen LogP contribution in [-0.4, -0.2) is 59.2 Å². The normalized spacial score (nSPS) is 19.4. The topological polar surface area (TPSA) is 83.4 Å². The Balaban J connectivity index is 1.58. The molecule has 0 bridgehead atoms. The minimum Gasteiger partial charge on any atom is -0.462 e. The average Bonchev–Trinajstić information content (AvgIpc) is 2.95. The third kappa shape index (κ3) is 6.15. The second kappa shape index (κ2) is 10.6. The van der Waals surface area contributed by atoms with Crippen molar-refractivity contribution in [3.63, 3.8) is 0 Å². The number of piperazine rings is 1. The SMILES string of the molecule is CC[C@@H](C(=O)O[C@H](C)CC(C)(C)O)[C@H]1CN(C2=Nc3cc(Cl)ccc3Oc3ccccc32)CCN1. The van der Waals surface area contributed by atoms with Crippen LogP contribution in [0.3, 0.4) is 0 Å². The molecule has 1 saturated heterocycles. The number of ether oxygens (including phenoxy) is 2. The van der Waals surface area contributed by atoms with E-state index in [9.17, 15) is 9.90 Å². The Morgan fingerprint density at radius 2 is 2.09 bits per heavy atom. The quantitative estimate of drug-likeness (QED) is 0.549. The number of amidine groups is 1. The molecule has 2 aromatic rings. The van der Waals surface area contributed by atoms with Gasteiger partial charge in [-0.3, -0.25) is 4.79 Å². The van der Waals surface area contributed by atoms with Crippen LogP contribution in [0, 0.1) is 5.92 Å². The van der Waals surface area contributed by atoms with Gasteiger partial charge in [-0.1, -0.05) is 30.7 Å². The molecule has 0 aromatic heterocycles. The Labute approximate surface area is 212 Å². The van der Waals surface area contributed by atoms with Gasteiger partial charge in [0, 0.05) is 37.1 Å². The van der Waals surface area contributed by atoms with Crippen LogP contribution in [0.1, 0.15) is 46.1 Å². The van der Waals surface area contributed by atoms with Crippen molar-refractivity contribution in [2.75, 3.05) is 19.6 Å². The highest BCUT2D eigenvalue weighted by Gasteiger charge is 2.35. The molecule has 35 heavy (non-hydrogen) atoms. The number of carbonyl (C=O) groups is 1. The lowest BCUT2D eigenvalue weighted by atomic mass is 9.94. The molecule has 2 aromatic carbocycles. The number of nitrogens with zero attached hydrogens (tertiary/aromatic N) is 2. The number of carbonyl (C=O) groups excluding carboxylic acids is 1. The van der Waals surface area contributed by atoms with Gasteiger partial charge in [0.15, 0.2) is 5.75 Å². The number of benzene rings is 2. The van der Waals surface area contributed by atoms with Crippen molar-refractivity contribution in [1.82, 2.24) is 10.2 Å². The van der Waals surface area contributed by atoms with Gasteiger partial charge in [-0.15, -0.1) is 0 Å². The zero-order valence-electron chi connectivity index (χ0n) is 20.8. The van der Waals surface area contributed by atoms with Crippen LogP contribution >= 0.6 is 11.6 Å². The van der Waals surface area contributed by atoms with E-state index in [1.165, 1.54) is 0 Å². The number of hydrogen-bond donors (Lipinski definition) is 2. The fourth-order valence-electron chi connectivity index (χ4n) is 4.82. The molecule has 2 aliphatic rings. The number of para-hydroxylation sites is 1. The zero-order valence-corrected chi connectivity index (χ0v) is 21.5. The molecule has 0 amide bonds. The highest BCUT2D eigenvalue weighted by molar-refractivity contribution is 6.31. The number of rotatable bonds is 6. The molecular formula is C27H34ClN3O4. The van der Waals surface area contributed by atoms with E-state index in [0.717, 1.165) is 23.7 Å². The molecule has 1 fully saturated rings. The van der Waals surface area contributed by atoms with Crippen LogP contribution < -0.4 is 10.1 Å². The number of halogens is 1. The van der Waals surface area contributed by atoms with Crippen molar-refractivity contribution in [3.05, 3.63) is 53.1 Å². The maximum Gasteiger partial charge on any atom is 0.310 e. The van der Waals surface area contributed by atoms with E-state index in [4.69, 9.17) is 26.1 Å². The van der Waals surface area contributed by atoms with Gasteiger partial charge in [0.25, 0.3) is 0 Å². The van der Waals surface area contributed by atoms with Crippen molar-refractivity contribution in [2.24, 2.45) is 10.9 Å². The molecule has 0 aliphatic carbocycles. The first-order chi connectivity index (χ1) is 16.6. The molecule has 4 rings (SSSR count). The fourth-order valence-corrected chi connectivity index (χ4v) is 4.99. The van der Waals surface area contributed by atoms with E-state index in [1.807, 2.05) is 44.2 Å². The molecule has 0 spiro atoms. The summed E-state index contributed by atoms with van der Waals surface area (Å²) < 4.78 is 11.9. The lowest BCUT2D eigenvalue weighted by Crippen LogP contribution is -2.57. The summed E-state index contributed by atoms with van der Waals surface area (Å²) in [6.07, 6.45) is 0.659. The molecule has 8 heteroatoms. The Bertz CT molecular complexity index is 1100. The Morgan fingerprint density at radius 3 is 2.83 bits per heavy atom. The Kier molecular flexibility index (Phi) is 7.69. The van der Waals surface area contributed by atoms with Gasteiger partial charge in [-0.25, -0.2) is 4.99 Å². The standard InChI is InChI=1S/C27H34ClN3O4/c1-5-19(26(32)34-17(2)15-27(3,4)33)22-16-31(13-12-29-22)25-20-8-6-7-9-23(20)35-24-11-10-18(28)14-21(24)30-25/h6-11,14,17,19,22,29,33H,5,12-13,15-16H2,1-4H3/t17-,19-,22-/m1/s1. The Hall–Kier alpha value is -2.61. The third-order valence-electron chi connectivity index (χ3n) is 6.33. The summed E-state index contributed by atoms with van der Waals surface area (Å²) in [5.74, 6) is 1.62. The third-order valence-corrected chi connectivity index (χ3v) is 6.57. The monoisotopic (exact) mass is 499 g/mol. The molecular weight excluding hydrogens is 466 g/mol. The smallest absolute Gasteiger partial charge is 0.310 e. The largest absolute Gasteiger partial charge is 0.462 e. The summed E-state index contributed by atoms with van der Waals surface area (Å²) in [6, 6.07) is 13.2. The second-order valence-electron chi connectivity index (χ2n) is 9.93. The summed E-state index contributed by atoms with van der Waals surface area (Å²) in [5.41, 5.74) is 0.675. The van der Waals surface area contributed by atoms with Crippen LogP contribution in [0.2, 0.25) is 5.02 Å². The fraction of sp³-hybridized carbons (Fsp3) is 0.481. The van der Waals surface area contributed by atoms with Crippen molar-refractivity contribution in [1.29, 1.82) is 0 Å². The van der Waals surface area contributed by atoms with E-state index in [1.54, 1.807) is 26.0 Å². The predicted octanol–water partition coefficient (Wildman–Crippen LogP) is 4.92. The molecule has 7 nitrogen and oxygen atoms in total. The summed E-state index contributed by atoms with van der Waals surface area (Å²) in [7, 11) is 0. The van der Waals surface area contributed by atoms with Gasteiger partial charge in [0.05, 0.1) is 17.1 Å². The van der Waals surface area contributed by atoms with E-state index in [2.05, 4.69) is 10.2 Å². The highest BCUT2D eigenvalue weighted by atomic mass is 35.5. The maximum atomic E-state index is 13.1. The Morgan fingerprint density at radius 1 is 1.31 bits per heavy atom. The zero-order chi connectivity index (χ0) is 25.2. The van der Waals surface area contributed by atoms with Crippen LogP contribution in [0.15, 0.2) is 47.5 Å². The van der Waals surface area contributed by atoms with Crippen molar-refractivity contribution in [2.45, 2.75) is 58.3 Å². The molecule has 0 radical (unpaired) electrons. The molecule has 2 N–H and O–H groups in total. The number of hydrogen-bond acceptors (Lipinski definition) is 7. The molecule has 3 atom stereocenters. The average molecular weight is 500 g/mol. The number of esters is 1. The van der Waals surface area contributed by atoms with Gasteiger partial charge < -0.3 is 24.8 Å². The molecule has 0 unspecified atom stereocenters. The minimum absolute atomic E-state index is 0.103. The minimum atomic E-state index is -0.895. The van der Waals surface area contributed by atoms with Gasteiger partial charge in [-0.05, 0) is 57.5 Å². The number of aliphatic imine (C=N–C) groups is 1. The van der Waals surface area contributed by atoms with E-state index < -0.39 is 5.60 Å². The van der Waals surface area contributed by atoms with Crippen molar-refractivity contribution >= 4 is 29.1 Å². The van der Waals surface area contributed by atoms with E-state index in [-0.39, 0.29) is 24.0 Å². The van der Waals surface area contributed by atoms with E-state index >= 15 is 0 Å². The summed E-state index contributed by atoms with van der Waals surface area (Å²) in [6.45, 7) is 9.29. The lowest BCUT2D eigenvalue weighted by Gasteiger charge is -2.38. The first-order valence-corrected chi connectivity index (χ1v) is 12.6. The highest BCUT2D eigenvalue weighted by Crippen LogP contribution is 2.39. The lowest BCUT2D eigenvalue weighted by molar-refractivity contribution is -0.157. The van der Waals surface area contributed by atoms with E-state index in [0.29, 0.717) is 42.4 Å². The predicted molar refractivity (Wildman–Crippen MR) is 138 cm³/mol. The second-order valence-corrected chi connectivity index (χ2v) is 10.4. The molecule has 188 valence electrons. The van der Waals surface area contributed by atoms with Gasteiger partial charge in [0.1, 0.15) is 23.4 Å². The molecule has 0 saturated carbocycles. The van der Waals surface area contributed by atoms with Crippen molar-refractivity contribution < 1.29 is 19.4 Å². The van der Waals surface area contributed by atoms with Crippen LogP contribution in [0.5, 0.6) is 11.5 Å². The maximum absolute atomic E-state index is 13.1. The van der Waals surface area contributed by atoms with Crippen LogP contribution in [-0.2, 0) is 9.53 Å². The first-order valence-electron chi connectivity index (χ1n) is 12.2. The molecule has 2 heterocycles. The summed E-state index contributed by atoms with van der Waals surface area (Å²) in [5, 5.41) is 14.2. The van der Waals surface area contributed by atoms with Gasteiger partial charge in [0.2, 0.25) is 0 Å². The summed E-state index contributed by atoms with van der Waals surface area (Å²) >= 11 is 6.26. The van der Waals surface area contributed by atoms with Crippen LogP contribution in [0.4, 0.5) is 5.69 Å². The van der Waals surface area contributed by atoms with Gasteiger partial charge >= 0.3 is 5.97 Å². The number of aliphatic hydroxyl groups is 1. The summed E-state index contributed by atoms with van der Waals surface area (Å²) in [4.78, 5) is 20.3. The van der Waals surface area contributed by atoms with Gasteiger partial charge in [-0.2, -0.15) is 0 Å². The number of fused-ring (bicyclic) bond motifs is 2. The van der Waals surface area contributed by atoms with Crippen molar-refractivity contribution in [3.8, 4) is 11.5 Å². The first kappa shape index (κ1) is 25.5. The van der Waals surface area contributed by atoms with Crippen LogP contribution in [0.25, 0.3) is 0 Å².